The molecule has 6 heteroatoms. The number of hydrogen-bond donors (Lipinski definition) is 1. The van der Waals surface area contributed by atoms with Gasteiger partial charge in [0.15, 0.2) is 0 Å². The maximum Gasteiger partial charge on any atom is 0.265 e. The molecular weight excluding hydrogens is 357 g/mol. The summed E-state index contributed by atoms with van der Waals surface area (Å²) >= 11 is 4.90. The van der Waals surface area contributed by atoms with E-state index in [9.17, 15) is 8.78 Å². The molecule has 0 aliphatic heterocycles. The second-order valence-electron chi connectivity index (χ2n) is 2.29. The summed E-state index contributed by atoms with van der Waals surface area (Å²) in [7, 11) is 0. The van der Waals surface area contributed by atoms with Gasteiger partial charge in [0, 0.05) is 27.4 Å². The lowest BCUT2D eigenvalue weighted by atomic mass is 10.1. The summed E-state index contributed by atoms with van der Waals surface area (Å²) < 4.78 is 25.9. The van der Waals surface area contributed by atoms with Crippen molar-refractivity contribution in [1.29, 1.82) is 0 Å². The van der Waals surface area contributed by atoms with Crippen LogP contribution < -0.4 is 5.73 Å². The van der Waals surface area contributed by atoms with Crippen LogP contribution in [-0.2, 0) is 6.54 Å². The molecule has 0 atom stereocenters. The average Bonchev–Trinajstić information content (AvgIpc) is 2.07. The zero-order valence-corrected chi connectivity index (χ0v) is 10.1. The Balaban J connectivity index is 3.35. The standard InChI is InChI=1S/C7H6BrF2IN2/c8-6-3(1-12)5(7(9)10)4(11)2-13-6/h2,7H,1,12H2. The highest BCUT2D eigenvalue weighted by Crippen LogP contribution is 2.30. The number of pyridine rings is 1. The van der Waals surface area contributed by atoms with E-state index in [4.69, 9.17) is 5.73 Å². The van der Waals surface area contributed by atoms with Gasteiger partial charge < -0.3 is 5.73 Å². The zero-order valence-electron chi connectivity index (χ0n) is 6.40. The van der Waals surface area contributed by atoms with Gasteiger partial charge in [-0.25, -0.2) is 13.8 Å². The Hall–Kier alpha value is 0.180. The second kappa shape index (κ2) is 4.61. The average molecular weight is 363 g/mol. The Morgan fingerprint density at radius 3 is 2.62 bits per heavy atom. The van der Waals surface area contributed by atoms with E-state index in [0.29, 0.717) is 13.7 Å². The minimum absolute atomic E-state index is 0.0232. The molecule has 1 aromatic rings. The van der Waals surface area contributed by atoms with E-state index in [1.165, 1.54) is 6.20 Å². The molecule has 0 saturated heterocycles. The Labute approximate surface area is 96.2 Å². The van der Waals surface area contributed by atoms with Gasteiger partial charge in [-0.1, -0.05) is 0 Å². The molecule has 0 aliphatic carbocycles. The molecule has 0 spiro atoms. The Morgan fingerprint density at radius 1 is 1.62 bits per heavy atom. The first-order chi connectivity index (χ1) is 6.07. The number of aromatic nitrogens is 1. The third kappa shape index (κ3) is 2.35. The number of nitrogens with two attached hydrogens (primary N) is 1. The summed E-state index contributed by atoms with van der Waals surface area (Å²) in [5, 5.41) is 0. The van der Waals surface area contributed by atoms with Gasteiger partial charge in [-0.3, -0.25) is 0 Å². The Kier molecular flexibility index (Phi) is 3.99. The molecule has 0 bridgehead atoms. The smallest absolute Gasteiger partial charge is 0.265 e. The van der Waals surface area contributed by atoms with Crippen molar-refractivity contribution in [2.24, 2.45) is 5.73 Å². The summed E-state index contributed by atoms with van der Waals surface area (Å²) in [5.74, 6) is 0. The van der Waals surface area contributed by atoms with E-state index < -0.39 is 6.43 Å². The summed E-state index contributed by atoms with van der Waals surface area (Å²) in [6.45, 7) is 0.0596. The monoisotopic (exact) mass is 362 g/mol. The molecule has 1 aromatic heterocycles. The fraction of sp³-hybridized carbons (Fsp3) is 0.286. The predicted octanol–water partition coefficient (Wildman–Crippen LogP) is 2.85. The van der Waals surface area contributed by atoms with Gasteiger partial charge >= 0.3 is 0 Å². The van der Waals surface area contributed by atoms with Crippen LogP contribution in [0.1, 0.15) is 17.6 Å². The van der Waals surface area contributed by atoms with Crippen molar-refractivity contribution < 1.29 is 8.78 Å². The maximum absolute atomic E-state index is 12.5. The van der Waals surface area contributed by atoms with Crippen LogP contribution in [0.15, 0.2) is 10.8 Å². The quantitative estimate of drug-likeness (QED) is 0.649. The third-order valence-electron chi connectivity index (χ3n) is 1.55. The Morgan fingerprint density at radius 2 is 2.23 bits per heavy atom. The minimum atomic E-state index is -2.51. The number of hydrogen-bond acceptors (Lipinski definition) is 2. The fourth-order valence-electron chi connectivity index (χ4n) is 0.946. The molecule has 2 N–H and O–H groups in total. The molecule has 2 nitrogen and oxygen atoms in total. The number of alkyl halides is 2. The van der Waals surface area contributed by atoms with Gasteiger partial charge in [0.05, 0.1) is 0 Å². The first-order valence-corrected chi connectivity index (χ1v) is 5.26. The van der Waals surface area contributed by atoms with Crippen molar-refractivity contribution in [3.8, 4) is 0 Å². The lowest BCUT2D eigenvalue weighted by Gasteiger charge is -2.09. The van der Waals surface area contributed by atoms with Crippen LogP contribution in [0.5, 0.6) is 0 Å². The van der Waals surface area contributed by atoms with Crippen LogP contribution in [-0.4, -0.2) is 4.98 Å². The van der Waals surface area contributed by atoms with Gasteiger partial charge in [-0.15, -0.1) is 0 Å². The molecule has 0 aromatic carbocycles. The predicted molar refractivity (Wildman–Crippen MR) is 57.5 cm³/mol. The van der Waals surface area contributed by atoms with Gasteiger partial charge in [-0.2, -0.15) is 0 Å². The molecule has 1 heterocycles. The van der Waals surface area contributed by atoms with Gasteiger partial charge in [0.2, 0.25) is 0 Å². The number of rotatable bonds is 2. The van der Waals surface area contributed by atoms with Crippen molar-refractivity contribution in [2.45, 2.75) is 13.0 Å². The van der Waals surface area contributed by atoms with Crippen molar-refractivity contribution in [3.63, 3.8) is 0 Å². The molecule has 1 rings (SSSR count). The summed E-state index contributed by atoms with van der Waals surface area (Å²) in [4.78, 5) is 3.89. The van der Waals surface area contributed by atoms with E-state index in [-0.39, 0.29) is 12.1 Å². The van der Waals surface area contributed by atoms with Gasteiger partial charge in [0.25, 0.3) is 6.43 Å². The van der Waals surface area contributed by atoms with Crippen LogP contribution in [0.2, 0.25) is 0 Å². The summed E-state index contributed by atoms with van der Waals surface area (Å²) in [6.07, 6.45) is -1.12. The maximum atomic E-state index is 12.5. The van der Waals surface area contributed by atoms with Crippen molar-refractivity contribution in [2.75, 3.05) is 0 Å². The minimum Gasteiger partial charge on any atom is -0.326 e. The fourth-order valence-corrected chi connectivity index (χ4v) is 2.12. The zero-order chi connectivity index (χ0) is 10.0. The van der Waals surface area contributed by atoms with Crippen LogP contribution in [0.3, 0.4) is 0 Å². The van der Waals surface area contributed by atoms with Crippen LogP contribution >= 0.6 is 38.5 Å². The molecule has 0 radical (unpaired) electrons. The highest BCUT2D eigenvalue weighted by molar-refractivity contribution is 14.1. The van der Waals surface area contributed by atoms with Crippen molar-refractivity contribution in [1.82, 2.24) is 4.98 Å². The van der Waals surface area contributed by atoms with E-state index in [2.05, 4.69) is 20.9 Å². The van der Waals surface area contributed by atoms with Gasteiger partial charge in [-0.05, 0) is 38.5 Å². The van der Waals surface area contributed by atoms with E-state index in [0.717, 1.165) is 0 Å². The number of halogens is 4. The second-order valence-corrected chi connectivity index (χ2v) is 4.21. The van der Waals surface area contributed by atoms with Crippen LogP contribution in [0.25, 0.3) is 0 Å². The molecule has 0 saturated carbocycles. The summed E-state index contributed by atoms with van der Waals surface area (Å²) in [6, 6.07) is 0. The normalized spacial score (nSPS) is 10.9. The van der Waals surface area contributed by atoms with E-state index in [1.54, 1.807) is 0 Å². The first-order valence-electron chi connectivity index (χ1n) is 3.39. The molecular formula is C7H6BrF2IN2. The van der Waals surface area contributed by atoms with E-state index >= 15 is 0 Å². The SMILES string of the molecule is NCc1c(Br)ncc(I)c1C(F)F. The first kappa shape index (κ1) is 11.3. The van der Waals surface area contributed by atoms with Gasteiger partial charge in [0.1, 0.15) is 4.60 Å². The summed E-state index contributed by atoms with van der Waals surface area (Å²) in [5.41, 5.74) is 5.71. The Bertz CT molecular complexity index is 320. The van der Waals surface area contributed by atoms with Crippen molar-refractivity contribution in [3.05, 3.63) is 25.5 Å². The third-order valence-corrected chi connectivity index (χ3v) is 3.09. The molecule has 72 valence electrons. The lowest BCUT2D eigenvalue weighted by Crippen LogP contribution is -2.06. The van der Waals surface area contributed by atoms with Crippen LogP contribution in [0.4, 0.5) is 8.78 Å². The van der Waals surface area contributed by atoms with Crippen LogP contribution in [0, 0.1) is 3.57 Å². The lowest BCUT2D eigenvalue weighted by molar-refractivity contribution is 0.149. The number of nitrogens with zero attached hydrogens (tertiary/aromatic N) is 1. The van der Waals surface area contributed by atoms with Crippen molar-refractivity contribution >= 4 is 38.5 Å². The highest BCUT2D eigenvalue weighted by Gasteiger charge is 2.18. The van der Waals surface area contributed by atoms with E-state index in [1.807, 2.05) is 22.6 Å². The molecule has 0 amide bonds. The molecule has 0 aliphatic rings. The molecule has 13 heavy (non-hydrogen) atoms. The topological polar surface area (TPSA) is 38.9 Å². The molecule has 0 fully saturated rings. The molecule has 0 unspecified atom stereocenters. The highest BCUT2D eigenvalue weighted by atomic mass is 127. The largest absolute Gasteiger partial charge is 0.326 e.